The van der Waals surface area contributed by atoms with Gasteiger partial charge in [-0.2, -0.15) is 0 Å². The van der Waals surface area contributed by atoms with Crippen molar-refractivity contribution in [2.75, 3.05) is 34.0 Å². The first-order valence-electron chi connectivity index (χ1n) is 7.12. The predicted octanol–water partition coefficient (Wildman–Crippen LogP) is 1.90. The Morgan fingerprint density at radius 1 is 1.29 bits per heavy atom. The molecule has 0 radical (unpaired) electrons. The van der Waals surface area contributed by atoms with Crippen LogP contribution >= 0.6 is 0 Å². The lowest BCUT2D eigenvalue weighted by atomic mass is 10.1. The average molecular weight is 291 g/mol. The third-order valence-electron chi connectivity index (χ3n) is 3.28. The van der Waals surface area contributed by atoms with Crippen molar-refractivity contribution in [1.82, 2.24) is 4.90 Å². The third-order valence-corrected chi connectivity index (χ3v) is 3.28. The van der Waals surface area contributed by atoms with Crippen molar-refractivity contribution in [1.29, 1.82) is 0 Å². The lowest BCUT2D eigenvalue weighted by Gasteiger charge is -2.27. The maximum Gasteiger partial charge on any atom is 0.123 e. The molecule has 0 unspecified atom stereocenters. The predicted molar refractivity (Wildman–Crippen MR) is 84.4 cm³/mol. The molecule has 0 aliphatic carbocycles. The minimum atomic E-state index is -0.132. The summed E-state index contributed by atoms with van der Waals surface area (Å²) in [5.41, 5.74) is 1.97. The van der Waals surface area contributed by atoms with Crippen LogP contribution in [0.1, 0.15) is 25.0 Å². The molecule has 4 heteroatoms. The van der Waals surface area contributed by atoms with Crippen molar-refractivity contribution in [2.24, 2.45) is 0 Å². The van der Waals surface area contributed by atoms with Crippen LogP contribution in [0.4, 0.5) is 0 Å². The third kappa shape index (κ3) is 5.76. The Bertz CT molecular complexity index is 489. The van der Waals surface area contributed by atoms with Crippen molar-refractivity contribution in [2.45, 2.75) is 26.4 Å². The first kappa shape index (κ1) is 17.5. The average Bonchev–Trinajstić information content (AvgIpc) is 2.49. The van der Waals surface area contributed by atoms with Crippen LogP contribution in [0.3, 0.4) is 0 Å². The highest BCUT2D eigenvalue weighted by Crippen LogP contribution is 2.22. The van der Waals surface area contributed by atoms with Gasteiger partial charge >= 0.3 is 0 Å². The van der Waals surface area contributed by atoms with Gasteiger partial charge in [-0.1, -0.05) is 11.8 Å². The molecule has 116 valence electrons. The van der Waals surface area contributed by atoms with E-state index in [4.69, 9.17) is 14.6 Å². The number of hydrogen-bond acceptors (Lipinski definition) is 4. The van der Waals surface area contributed by atoms with E-state index in [1.165, 1.54) is 0 Å². The van der Waals surface area contributed by atoms with Crippen LogP contribution in [0, 0.1) is 11.8 Å². The van der Waals surface area contributed by atoms with Crippen molar-refractivity contribution >= 4 is 0 Å². The summed E-state index contributed by atoms with van der Waals surface area (Å²) in [6, 6.07) is 6.26. The zero-order valence-electron chi connectivity index (χ0n) is 13.3. The summed E-state index contributed by atoms with van der Waals surface area (Å²) in [4.78, 5) is 2.32. The lowest BCUT2D eigenvalue weighted by molar-refractivity contribution is 0.124. The van der Waals surface area contributed by atoms with Crippen molar-refractivity contribution in [3.63, 3.8) is 0 Å². The van der Waals surface area contributed by atoms with Crippen LogP contribution in [0.2, 0.25) is 0 Å². The number of benzene rings is 1. The summed E-state index contributed by atoms with van der Waals surface area (Å²) < 4.78 is 10.6. The minimum absolute atomic E-state index is 0.132. The van der Waals surface area contributed by atoms with Crippen LogP contribution in [0.5, 0.6) is 5.75 Å². The van der Waals surface area contributed by atoms with Gasteiger partial charge < -0.3 is 14.6 Å². The zero-order valence-corrected chi connectivity index (χ0v) is 13.3. The maximum atomic E-state index is 8.79. The van der Waals surface area contributed by atoms with Crippen molar-refractivity contribution in [3.8, 4) is 17.6 Å². The van der Waals surface area contributed by atoms with Crippen LogP contribution in [0.15, 0.2) is 18.2 Å². The number of aliphatic hydroxyl groups is 1. The van der Waals surface area contributed by atoms with E-state index in [0.29, 0.717) is 12.6 Å². The Morgan fingerprint density at radius 2 is 2.05 bits per heavy atom. The van der Waals surface area contributed by atoms with Gasteiger partial charge in [0.05, 0.1) is 13.7 Å². The molecule has 0 amide bonds. The van der Waals surface area contributed by atoms with E-state index >= 15 is 0 Å². The van der Waals surface area contributed by atoms with E-state index in [2.05, 4.69) is 30.6 Å². The molecule has 1 rings (SSSR count). The Kier molecular flexibility index (Phi) is 7.84. The van der Waals surface area contributed by atoms with Gasteiger partial charge in [0.15, 0.2) is 0 Å². The number of hydrogen-bond donors (Lipinski definition) is 1. The van der Waals surface area contributed by atoms with E-state index in [1.807, 2.05) is 18.2 Å². The quantitative estimate of drug-likeness (QED) is 0.779. The number of aliphatic hydroxyl groups excluding tert-OH is 1. The van der Waals surface area contributed by atoms with E-state index in [0.717, 1.165) is 30.0 Å². The van der Waals surface area contributed by atoms with E-state index < -0.39 is 0 Å². The van der Waals surface area contributed by atoms with Gasteiger partial charge in [-0.15, -0.1) is 0 Å². The smallest absolute Gasteiger partial charge is 0.123 e. The zero-order chi connectivity index (χ0) is 15.7. The van der Waals surface area contributed by atoms with Crippen LogP contribution in [-0.2, 0) is 11.3 Å². The lowest BCUT2D eigenvalue weighted by Crippen LogP contribution is -2.33. The van der Waals surface area contributed by atoms with Gasteiger partial charge in [-0.3, -0.25) is 4.90 Å². The number of ether oxygens (including phenoxy) is 2. The molecule has 0 aliphatic rings. The highest BCUT2D eigenvalue weighted by Gasteiger charge is 2.13. The molecule has 0 heterocycles. The van der Waals surface area contributed by atoms with Gasteiger partial charge in [0.1, 0.15) is 12.4 Å². The standard InChI is InChI=1S/C17H25NO3/c1-14(2)18(9-11-20-3)13-16-12-15(6-5-10-19)7-8-17(16)21-4/h7-8,12,14,19H,9-11,13H2,1-4H3. The fourth-order valence-corrected chi connectivity index (χ4v) is 2.07. The first-order chi connectivity index (χ1) is 10.1. The van der Waals surface area contributed by atoms with Crippen LogP contribution in [-0.4, -0.2) is 50.0 Å². The second-order valence-corrected chi connectivity index (χ2v) is 5.04. The van der Waals surface area contributed by atoms with Gasteiger partial charge in [0.25, 0.3) is 0 Å². The number of nitrogens with zero attached hydrogens (tertiary/aromatic N) is 1. The Labute approximate surface area is 127 Å². The molecular weight excluding hydrogens is 266 g/mol. The molecule has 1 N–H and O–H groups in total. The molecule has 21 heavy (non-hydrogen) atoms. The van der Waals surface area contributed by atoms with Crippen molar-refractivity contribution < 1.29 is 14.6 Å². The molecule has 4 nitrogen and oxygen atoms in total. The van der Waals surface area contributed by atoms with Gasteiger partial charge in [0.2, 0.25) is 0 Å². The van der Waals surface area contributed by atoms with Gasteiger partial charge in [-0.05, 0) is 32.0 Å². The van der Waals surface area contributed by atoms with Crippen molar-refractivity contribution in [3.05, 3.63) is 29.3 Å². The molecular formula is C17H25NO3. The van der Waals surface area contributed by atoms with E-state index in [1.54, 1.807) is 14.2 Å². The van der Waals surface area contributed by atoms with E-state index in [-0.39, 0.29) is 6.61 Å². The molecule has 0 aromatic heterocycles. The fourth-order valence-electron chi connectivity index (χ4n) is 2.07. The number of rotatable bonds is 7. The largest absolute Gasteiger partial charge is 0.496 e. The molecule has 0 fully saturated rings. The summed E-state index contributed by atoms with van der Waals surface area (Å²) in [5.74, 6) is 6.46. The Balaban J connectivity index is 2.96. The summed E-state index contributed by atoms with van der Waals surface area (Å²) in [6.45, 7) is 6.54. The second-order valence-electron chi connectivity index (χ2n) is 5.04. The number of methoxy groups -OCH3 is 2. The highest BCUT2D eigenvalue weighted by atomic mass is 16.5. The summed E-state index contributed by atoms with van der Waals surface area (Å²) in [7, 11) is 3.39. The summed E-state index contributed by atoms with van der Waals surface area (Å²) in [5, 5.41) is 8.79. The molecule has 1 aromatic rings. The Hall–Kier alpha value is -1.54. The van der Waals surface area contributed by atoms with Gasteiger partial charge in [0, 0.05) is 37.4 Å². The molecule has 0 saturated heterocycles. The molecule has 0 bridgehead atoms. The molecule has 0 atom stereocenters. The minimum Gasteiger partial charge on any atom is -0.496 e. The highest BCUT2D eigenvalue weighted by molar-refractivity contribution is 5.44. The SMILES string of the molecule is COCCN(Cc1cc(C#CCO)ccc1OC)C(C)C. The molecule has 0 saturated carbocycles. The monoisotopic (exact) mass is 291 g/mol. The molecule has 0 aliphatic heterocycles. The summed E-state index contributed by atoms with van der Waals surface area (Å²) in [6.07, 6.45) is 0. The topological polar surface area (TPSA) is 41.9 Å². The first-order valence-corrected chi connectivity index (χ1v) is 7.12. The van der Waals surface area contributed by atoms with Crippen LogP contribution in [0.25, 0.3) is 0 Å². The van der Waals surface area contributed by atoms with E-state index in [9.17, 15) is 0 Å². The maximum absolute atomic E-state index is 8.79. The Morgan fingerprint density at radius 3 is 2.62 bits per heavy atom. The fraction of sp³-hybridized carbons (Fsp3) is 0.529. The molecule has 1 aromatic carbocycles. The normalized spacial score (nSPS) is 10.6. The van der Waals surface area contributed by atoms with Gasteiger partial charge in [-0.25, -0.2) is 0 Å². The van der Waals surface area contributed by atoms with Crippen LogP contribution < -0.4 is 4.74 Å². The summed E-state index contributed by atoms with van der Waals surface area (Å²) >= 11 is 0. The second kappa shape index (κ2) is 9.41. The molecule has 0 spiro atoms.